The first kappa shape index (κ1) is 30.9. The van der Waals surface area contributed by atoms with E-state index in [0.717, 1.165) is 64.0 Å². The molecule has 4 rings (SSSR count). The lowest BCUT2D eigenvalue weighted by molar-refractivity contribution is -0.170. The van der Waals surface area contributed by atoms with Gasteiger partial charge in [-0.05, 0) is 18.9 Å². The van der Waals surface area contributed by atoms with Gasteiger partial charge in [0, 0.05) is 44.2 Å². The molecule has 2 aliphatic heterocycles. The van der Waals surface area contributed by atoms with Gasteiger partial charge >= 0.3 is 17.9 Å². The number of fused-ring (bicyclic) bond motifs is 1. The van der Waals surface area contributed by atoms with E-state index in [1.54, 1.807) is 0 Å². The van der Waals surface area contributed by atoms with Gasteiger partial charge in [-0.2, -0.15) is 0 Å². The van der Waals surface area contributed by atoms with Gasteiger partial charge in [-0.25, -0.2) is 14.8 Å². The van der Waals surface area contributed by atoms with Gasteiger partial charge in [-0.15, -0.1) is 0 Å². The van der Waals surface area contributed by atoms with Crippen LogP contribution in [0.4, 0.5) is 5.82 Å². The molecule has 12 nitrogen and oxygen atoms in total. The van der Waals surface area contributed by atoms with E-state index in [-0.39, 0.29) is 0 Å². The summed E-state index contributed by atoms with van der Waals surface area (Å²) >= 11 is 0. The van der Waals surface area contributed by atoms with Crippen molar-refractivity contribution >= 4 is 23.7 Å². The topological polar surface area (TPSA) is 174 Å². The van der Waals surface area contributed by atoms with Crippen LogP contribution in [0.25, 0.3) is 0 Å². The smallest absolute Gasteiger partial charge is 0.336 e. The Hall–Kier alpha value is -3.61. The van der Waals surface area contributed by atoms with Crippen molar-refractivity contribution in [2.24, 2.45) is 0 Å². The Kier molecular flexibility index (Phi) is 10.5. The minimum Gasteiger partial charge on any atom is -0.481 e. The summed E-state index contributed by atoms with van der Waals surface area (Å²) in [5.41, 5.74) is 2.51. The van der Waals surface area contributed by atoms with Crippen LogP contribution in [0, 0.1) is 6.92 Å². The standard InChI is InChI=1S/C22H30N4O.C6H8O7/c1-16(2)21-23-20-15-25(14-18-6-4-17(3)5-7-18)9-8-19(20)22(24-21)26-10-12-27-13-11-26;7-3(8)1-6(13,5(11)12)2-4(9)10/h4-7,16H,8-15H2,1-3H3;13H,1-2H2,(H,7,8)(H,9,10)(H,11,12). The van der Waals surface area contributed by atoms with Crippen molar-refractivity contribution in [1.82, 2.24) is 14.9 Å². The molecule has 0 unspecified atom stereocenters. The predicted octanol–water partition coefficient (Wildman–Crippen LogP) is 2.05. The molecule has 0 radical (unpaired) electrons. The quantitative estimate of drug-likeness (QED) is 0.353. The Balaban J connectivity index is 0.000000289. The number of ether oxygens (including phenoxy) is 1. The van der Waals surface area contributed by atoms with E-state index >= 15 is 0 Å². The number of hydrogen-bond acceptors (Lipinski definition) is 9. The summed E-state index contributed by atoms with van der Waals surface area (Å²) in [5, 5.41) is 33.8. The molecule has 2 aromatic rings. The molecule has 218 valence electrons. The van der Waals surface area contributed by atoms with Gasteiger partial charge in [0.1, 0.15) is 11.6 Å². The third kappa shape index (κ3) is 8.44. The number of morpholine rings is 1. The van der Waals surface area contributed by atoms with Crippen molar-refractivity contribution in [3.8, 4) is 0 Å². The number of aliphatic hydroxyl groups is 1. The van der Waals surface area contributed by atoms with Crippen molar-refractivity contribution in [3.05, 3.63) is 52.5 Å². The second kappa shape index (κ2) is 13.6. The number of aromatic nitrogens is 2. The average molecular weight is 559 g/mol. The van der Waals surface area contributed by atoms with Crippen molar-refractivity contribution in [1.29, 1.82) is 0 Å². The Morgan fingerprint density at radius 3 is 2.10 bits per heavy atom. The third-order valence-corrected chi connectivity index (χ3v) is 6.78. The molecule has 1 aromatic carbocycles. The zero-order valence-corrected chi connectivity index (χ0v) is 23.2. The van der Waals surface area contributed by atoms with Crippen molar-refractivity contribution in [3.63, 3.8) is 0 Å². The minimum absolute atomic E-state index is 0.336. The van der Waals surface area contributed by atoms with Gasteiger partial charge in [0.25, 0.3) is 0 Å². The van der Waals surface area contributed by atoms with Crippen LogP contribution in [0.2, 0.25) is 0 Å². The van der Waals surface area contributed by atoms with Gasteiger partial charge in [-0.1, -0.05) is 43.7 Å². The number of benzene rings is 1. The Morgan fingerprint density at radius 2 is 1.57 bits per heavy atom. The summed E-state index contributed by atoms with van der Waals surface area (Å²) in [6.07, 6.45) is -1.27. The van der Waals surface area contributed by atoms with Crippen LogP contribution in [0.3, 0.4) is 0 Å². The summed E-state index contributed by atoms with van der Waals surface area (Å²) < 4.78 is 5.54. The molecule has 1 fully saturated rings. The van der Waals surface area contributed by atoms with Crippen LogP contribution in [-0.2, 0) is 38.6 Å². The average Bonchev–Trinajstić information content (AvgIpc) is 2.89. The summed E-state index contributed by atoms with van der Waals surface area (Å²) in [7, 11) is 0. The second-order valence-corrected chi connectivity index (χ2v) is 10.5. The number of carbonyl (C=O) groups is 3. The van der Waals surface area contributed by atoms with E-state index in [2.05, 4.69) is 54.8 Å². The molecule has 0 aliphatic carbocycles. The van der Waals surface area contributed by atoms with Crippen LogP contribution in [0.1, 0.15) is 60.8 Å². The van der Waals surface area contributed by atoms with Crippen molar-refractivity contribution in [2.75, 3.05) is 37.7 Å². The number of rotatable bonds is 9. The first-order valence-corrected chi connectivity index (χ1v) is 13.3. The van der Waals surface area contributed by atoms with Crippen LogP contribution in [0.15, 0.2) is 24.3 Å². The van der Waals surface area contributed by atoms with Gasteiger partial charge in [0.05, 0.1) is 31.7 Å². The van der Waals surface area contributed by atoms with Gasteiger partial charge in [0.15, 0.2) is 5.60 Å². The zero-order chi connectivity index (χ0) is 29.4. The number of hydrogen-bond donors (Lipinski definition) is 4. The highest BCUT2D eigenvalue weighted by atomic mass is 16.5. The van der Waals surface area contributed by atoms with Gasteiger partial charge in [-0.3, -0.25) is 14.5 Å². The Labute approximate surface area is 233 Å². The molecule has 3 heterocycles. The molecule has 0 amide bonds. The highest BCUT2D eigenvalue weighted by Gasteiger charge is 2.40. The van der Waals surface area contributed by atoms with Gasteiger partial charge < -0.3 is 30.1 Å². The molecule has 1 saturated heterocycles. The Morgan fingerprint density at radius 1 is 0.975 bits per heavy atom. The van der Waals surface area contributed by atoms with E-state index in [1.165, 1.54) is 22.4 Å². The molecule has 2 aliphatic rings. The third-order valence-electron chi connectivity index (χ3n) is 6.78. The summed E-state index contributed by atoms with van der Waals surface area (Å²) in [6.45, 7) is 12.9. The van der Waals surface area contributed by atoms with Crippen molar-refractivity contribution in [2.45, 2.75) is 64.6 Å². The minimum atomic E-state index is -2.74. The van der Waals surface area contributed by atoms with Crippen LogP contribution in [-0.4, -0.2) is 91.7 Å². The number of carboxylic acid groups (broad SMARTS) is 3. The van der Waals surface area contributed by atoms with E-state index in [9.17, 15) is 14.4 Å². The Bertz CT molecular complexity index is 1180. The molecule has 0 spiro atoms. The maximum absolute atomic E-state index is 10.3. The molecular formula is C28H38N4O8. The maximum Gasteiger partial charge on any atom is 0.336 e. The molecular weight excluding hydrogens is 520 g/mol. The van der Waals surface area contributed by atoms with E-state index in [0.29, 0.717) is 5.92 Å². The van der Waals surface area contributed by atoms with Crippen molar-refractivity contribution < 1.29 is 39.5 Å². The summed E-state index contributed by atoms with van der Waals surface area (Å²) in [6, 6.07) is 8.87. The van der Waals surface area contributed by atoms with E-state index in [1.807, 2.05) is 0 Å². The van der Waals surface area contributed by atoms with Gasteiger partial charge in [0.2, 0.25) is 0 Å². The maximum atomic E-state index is 10.3. The molecule has 4 N–H and O–H groups in total. The fraction of sp³-hybridized carbons (Fsp3) is 0.536. The first-order valence-electron chi connectivity index (χ1n) is 13.3. The number of anilines is 1. The lowest BCUT2D eigenvalue weighted by atomic mass is 9.96. The first-order chi connectivity index (χ1) is 18.9. The highest BCUT2D eigenvalue weighted by Crippen LogP contribution is 2.29. The number of carboxylic acids is 3. The fourth-order valence-electron chi connectivity index (χ4n) is 4.58. The molecule has 40 heavy (non-hydrogen) atoms. The highest BCUT2D eigenvalue weighted by molar-refractivity contribution is 5.88. The second-order valence-electron chi connectivity index (χ2n) is 10.5. The summed E-state index contributed by atoms with van der Waals surface area (Å²) in [4.78, 5) is 45.3. The largest absolute Gasteiger partial charge is 0.481 e. The number of nitrogens with zero attached hydrogens (tertiary/aromatic N) is 4. The molecule has 0 saturated carbocycles. The predicted molar refractivity (Wildman–Crippen MR) is 145 cm³/mol. The number of aryl methyl sites for hydroxylation is 1. The lowest BCUT2D eigenvalue weighted by Crippen LogP contribution is -2.42. The van der Waals surface area contributed by atoms with E-state index in [4.69, 9.17) is 35.1 Å². The SMILES string of the molecule is Cc1ccc(CN2CCc3c(nc(C(C)C)nc3N3CCOCC3)C2)cc1.O=C(O)CC(O)(CC(=O)O)C(=O)O. The molecule has 0 atom stereocenters. The number of aliphatic carboxylic acids is 3. The normalized spacial score (nSPS) is 15.7. The van der Waals surface area contributed by atoms with E-state index < -0.39 is 36.4 Å². The fourth-order valence-corrected chi connectivity index (χ4v) is 4.58. The molecule has 1 aromatic heterocycles. The molecule has 12 heteroatoms. The van der Waals surface area contributed by atoms with Crippen LogP contribution in [0.5, 0.6) is 0 Å². The van der Waals surface area contributed by atoms with Crippen LogP contribution < -0.4 is 4.90 Å². The summed E-state index contributed by atoms with van der Waals surface area (Å²) in [5.74, 6) is -2.56. The van der Waals surface area contributed by atoms with Crippen LogP contribution >= 0.6 is 0 Å². The lowest BCUT2D eigenvalue weighted by Gasteiger charge is -2.34. The monoisotopic (exact) mass is 558 g/mol. The zero-order valence-electron chi connectivity index (χ0n) is 23.2. The molecule has 0 bridgehead atoms.